The third-order valence-corrected chi connectivity index (χ3v) is 4.38. The molecule has 1 aromatic heterocycles. The van der Waals surface area contributed by atoms with Gasteiger partial charge in [0.15, 0.2) is 0 Å². The standard InChI is InChI=1S/C18H18F3N3O3/c1-11(24-16(25)9-12-6-4-7-14(12)23-24)17(26)22-10-13-5-2-3-8-15(13)27-18(19,20)21/h2-3,5,8-9,11H,4,6-7,10H2,1H3,(H,22,26)/t11-/m1/s1. The number of aryl methyl sites for hydroxylation is 2. The summed E-state index contributed by atoms with van der Waals surface area (Å²) >= 11 is 0. The lowest BCUT2D eigenvalue weighted by Gasteiger charge is -2.17. The molecule has 0 saturated carbocycles. The van der Waals surface area contributed by atoms with Crippen molar-refractivity contribution in [2.45, 2.75) is 45.1 Å². The summed E-state index contributed by atoms with van der Waals surface area (Å²) in [6.45, 7) is 1.35. The Morgan fingerprint density at radius 3 is 2.81 bits per heavy atom. The van der Waals surface area contributed by atoms with Crippen molar-refractivity contribution in [2.24, 2.45) is 0 Å². The molecule has 1 aliphatic rings. The number of para-hydroxylation sites is 1. The monoisotopic (exact) mass is 381 g/mol. The second-order valence-electron chi connectivity index (χ2n) is 6.30. The van der Waals surface area contributed by atoms with Gasteiger partial charge in [-0.15, -0.1) is 13.2 Å². The molecule has 0 spiro atoms. The number of hydrogen-bond acceptors (Lipinski definition) is 4. The Morgan fingerprint density at radius 1 is 1.33 bits per heavy atom. The summed E-state index contributed by atoms with van der Waals surface area (Å²) in [6.07, 6.45) is -2.35. The number of benzene rings is 1. The van der Waals surface area contributed by atoms with E-state index in [0.717, 1.165) is 35.2 Å². The van der Waals surface area contributed by atoms with Crippen molar-refractivity contribution >= 4 is 5.91 Å². The molecule has 0 aliphatic heterocycles. The molecule has 3 rings (SSSR count). The van der Waals surface area contributed by atoms with Crippen molar-refractivity contribution in [3.63, 3.8) is 0 Å². The van der Waals surface area contributed by atoms with Crippen LogP contribution in [-0.4, -0.2) is 22.1 Å². The molecule has 0 fully saturated rings. The lowest BCUT2D eigenvalue weighted by atomic mass is 10.2. The Labute approximate surface area is 153 Å². The Hall–Kier alpha value is -2.84. The Bertz CT molecular complexity index is 909. The van der Waals surface area contributed by atoms with Crippen LogP contribution in [0.5, 0.6) is 5.75 Å². The van der Waals surface area contributed by atoms with Gasteiger partial charge >= 0.3 is 6.36 Å². The quantitative estimate of drug-likeness (QED) is 0.864. The molecular weight excluding hydrogens is 363 g/mol. The van der Waals surface area contributed by atoms with Gasteiger partial charge in [0.05, 0.1) is 5.69 Å². The first kappa shape index (κ1) is 18.9. The van der Waals surface area contributed by atoms with E-state index in [1.807, 2.05) is 0 Å². The van der Waals surface area contributed by atoms with Crippen LogP contribution in [0.15, 0.2) is 35.1 Å². The minimum atomic E-state index is -4.82. The highest BCUT2D eigenvalue weighted by atomic mass is 19.4. The van der Waals surface area contributed by atoms with Crippen LogP contribution in [0.25, 0.3) is 0 Å². The molecule has 1 heterocycles. The molecule has 6 nitrogen and oxygen atoms in total. The first-order valence-electron chi connectivity index (χ1n) is 8.47. The minimum Gasteiger partial charge on any atom is -0.405 e. The number of carbonyl (C=O) groups is 1. The lowest BCUT2D eigenvalue weighted by molar-refractivity contribution is -0.274. The Kier molecular flexibility index (Phi) is 5.20. The minimum absolute atomic E-state index is 0.171. The van der Waals surface area contributed by atoms with Gasteiger partial charge in [0.2, 0.25) is 5.91 Å². The van der Waals surface area contributed by atoms with E-state index in [4.69, 9.17) is 0 Å². The average molecular weight is 381 g/mol. The van der Waals surface area contributed by atoms with Crippen LogP contribution in [-0.2, 0) is 24.2 Å². The number of hydrogen-bond donors (Lipinski definition) is 1. The normalized spacial score (nSPS) is 14.5. The number of nitrogens with zero attached hydrogens (tertiary/aromatic N) is 2. The molecule has 0 unspecified atom stereocenters. The van der Waals surface area contributed by atoms with Crippen molar-refractivity contribution < 1.29 is 22.7 Å². The first-order chi connectivity index (χ1) is 12.7. The molecule has 1 amide bonds. The van der Waals surface area contributed by atoms with E-state index in [0.29, 0.717) is 0 Å². The summed E-state index contributed by atoms with van der Waals surface area (Å²) in [5, 5.41) is 6.80. The van der Waals surface area contributed by atoms with E-state index in [1.165, 1.54) is 31.2 Å². The maximum absolute atomic E-state index is 12.5. The molecule has 144 valence electrons. The van der Waals surface area contributed by atoms with Gasteiger partial charge in [-0.1, -0.05) is 18.2 Å². The second kappa shape index (κ2) is 7.42. The fraction of sp³-hybridized carbons (Fsp3) is 0.389. The summed E-state index contributed by atoms with van der Waals surface area (Å²) in [5.41, 5.74) is 1.50. The summed E-state index contributed by atoms with van der Waals surface area (Å²) in [5.74, 6) is -0.907. The van der Waals surface area contributed by atoms with E-state index in [9.17, 15) is 22.8 Å². The maximum Gasteiger partial charge on any atom is 0.573 e. The Balaban J connectivity index is 1.71. The van der Waals surface area contributed by atoms with Gasteiger partial charge < -0.3 is 10.1 Å². The van der Waals surface area contributed by atoms with E-state index in [-0.39, 0.29) is 23.4 Å². The van der Waals surface area contributed by atoms with E-state index >= 15 is 0 Å². The number of aromatic nitrogens is 2. The SMILES string of the molecule is C[C@H](C(=O)NCc1ccccc1OC(F)(F)F)n1nc2c(cc1=O)CCC2. The molecule has 0 saturated heterocycles. The predicted octanol–water partition coefficient (Wildman–Crippen LogP) is 2.51. The zero-order valence-electron chi connectivity index (χ0n) is 14.5. The molecule has 1 atom stereocenters. The van der Waals surface area contributed by atoms with Crippen LogP contribution in [0.4, 0.5) is 13.2 Å². The summed E-state index contributed by atoms with van der Waals surface area (Å²) < 4.78 is 42.5. The first-order valence-corrected chi connectivity index (χ1v) is 8.47. The highest BCUT2D eigenvalue weighted by Crippen LogP contribution is 2.26. The van der Waals surface area contributed by atoms with Gasteiger partial charge in [-0.25, -0.2) is 4.68 Å². The number of fused-ring (bicyclic) bond motifs is 1. The molecule has 0 bridgehead atoms. The molecule has 1 N–H and O–H groups in total. The summed E-state index contributed by atoms with van der Waals surface area (Å²) in [4.78, 5) is 24.6. The topological polar surface area (TPSA) is 73.2 Å². The summed E-state index contributed by atoms with van der Waals surface area (Å²) in [7, 11) is 0. The zero-order valence-corrected chi connectivity index (χ0v) is 14.5. The van der Waals surface area contributed by atoms with E-state index in [1.54, 1.807) is 6.07 Å². The number of rotatable bonds is 5. The molecule has 2 aromatic rings. The highest BCUT2D eigenvalue weighted by molar-refractivity contribution is 5.79. The van der Waals surface area contributed by atoms with Crippen molar-refractivity contribution in [3.05, 3.63) is 57.5 Å². The molecule has 1 aliphatic carbocycles. The van der Waals surface area contributed by atoms with Crippen molar-refractivity contribution in [3.8, 4) is 5.75 Å². The van der Waals surface area contributed by atoms with Crippen LogP contribution in [0, 0.1) is 0 Å². The fourth-order valence-electron chi connectivity index (χ4n) is 3.01. The maximum atomic E-state index is 12.5. The number of halogens is 3. The third kappa shape index (κ3) is 4.47. The van der Waals surface area contributed by atoms with Gasteiger partial charge in [0.25, 0.3) is 5.56 Å². The molecule has 9 heteroatoms. The molecule has 1 aromatic carbocycles. The smallest absolute Gasteiger partial charge is 0.405 e. The lowest BCUT2D eigenvalue weighted by Crippen LogP contribution is -2.37. The van der Waals surface area contributed by atoms with Crippen molar-refractivity contribution in [1.29, 1.82) is 0 Å². The third-order valence-electron chi connectivity index (χ3n) is 4.38. The fourth-order valence-corrected chi connectivity index (χ4v) is 3.01. The van der Waals surface area contributed by atoms with Gasteiger partial charge in [0, 0.05) is 18.2 Å². The number of nitrogens with one attached hydrogen (secondary N) is 1. The van der Waals surface area contributed by atoms with Crippen LogP contribution in [0.1, 0.15) is 36.2 Å². The van der Waals surface area contributed by atoms with Gasteiger partial charge in [-0.3, -0.25) is 9.59 Å². The second-order valence-corrected chi connectivity index (χ2v) is 6.30. The van der Waals surface area contributed by atoms with Crippen molar-refractivity contribution in [1.82, 2.24) is 15.1 Å². The number of amides is 1. The van der Waals surface area contributed by atoms with E-state index < -0.39 is 18.3 Å². The zero-order chi connectivity index (χ0) is 19.6. The van der Waals surface area contributed by atoms with E-state index in [2.05, 4.69) is 15.2 Å². The Morgan fingerprint density at radius 2 is 2.07 bits per heavy atom. The van der Waals surface area contributed by atoms with Gasteiger partial charge in [0.1, 0.15) is 11.8 Å². The van der Waals surface area contributed by atoms with Crippen LogP contribution in [0.2, 0.25) is 0 Å². The van der Waals surface area contributed by atoms with Gasteiger partial charge in [-0.2, -0.15) is 5.10 Å². The highest BCUT2D eigenvalue weighted by Gasteiger charge is 2.32. The molecular formula is C18H18F3N3O3. The number of carbonyl (C=O) groups excluding carboxylic acids is 1. The molecule has 27 heavy (non-hydrogen) atoms. The average Bonchev–Trinajstić information content (AvgIpc) is 3.05. The number of ether oxygens (including phenoxy) is 1. The predicted molar refractivity (Wildman–Crippen MR) is 90.2 cm³/mol. The van der Waals surface area contributed by atoms with Crippen LogP contribution in [0.3, 0.4) is 0 Å². The van der Waals surface area contributed by atoms with Crippen LogP contribution >= 0.6 is 0 Å². The van der Waals surface area contributed by atoms with Gasteiger partial charge in [-0.05, 0) is 37.8 Å². The summed E-state index contributed by atoms with van der Waals surface area (Å²) in [6, 6.07) is 6.14. The van der Waals surface area contributed by atoms with Crippen LogP contribution < -0.4 is 15.6 Å². The van der Waals surface area contributed by atoms with Crippen molar-refractivity contribution in [2.75, 3.05) is 0 Å². The largest absolute Gasteiger partial charge is 0.573 e. The number of alkyl halides is 3. The molecule has 0 radical (unpaired) electrons.